The van der Waals surface area contributed by atoms with E-state index in [-0.39, 0.29) is 11.6 Å². The number of halogens is 1. The molecule has 1 aromatic heterocycles. The minimum Gasteiger partial charge on any atom is -0.496 e. The quantitative estimate of drug-likeness (QED) is 0.781. The van der Waals surface area contributed by atoms with Crippen LogP contribution in [-0.2, 0) is 0 Å². The van der Waals surface area contributed by atoms with Crippen LogP contribution in [0.2, 0.25) is 0 Å². The molecule has 4 nitrogen and oxygen atoms in total. The third-order valence-corrected chi connectivity index (χ3v) is 2.41. The van der Waals surface area contributed by atoms with Gasteiger partial charge >= 0.3 is 0 Å². The summed E-state index contributed by atoms with van der Waals surface area (Å²) in [7, 11) is 1.49. The van der Waals surface area contributed by atoms with E-state index in [0.717, 1.165) is 0 Å². The molecule has 0 saturated heterocycles. The zero-order valence-corrected chi connectivity index (χ0v) is 9.98. The van der Waals surface area contributed by atoms with Crippen molar-refractivity contribution in [1.82, 2.24) is 9.97 Å². The monoisotopic (exact) mass is 246 g/mol. The van der Waals surface area contributed by atoms with Crippen LogP contribution in [0.25, 0.3) is 11.3 Å². The molecule has 92 valence electrons. The van der Waals surface area contributed by atoms with Crippen LogP contribution in [0.3, 0.4) is 0 Å². The summed E-state index contributed by atoms with van der Waals surface area (Å²) >= 11 is 0. The van der Waals surface area contributed by atoms with Crippen molar-refractivity contribution in [2.24, 2.45) is 0 Å². The largest absolute Gasteiger partial charge is 0.496 e. The summed E-state index contributed by atoms with van der Waals surface area (Å²) < 4.78 is 18.4. The Hall–Kier alpha value is -2.30. The normalized spacial score (nSPS) is 10.2. The number of rotatable bonds is 3. The fourth-order valence-corrected chi connectivity index (χ4v) is 1.56. The molecule has 0 unspecified atom stereocenters. The summed E-state index contributed by atoms with van der Waals surface area (Å²) in [5, 5.41) is 0. The van der Waals surface area contributed by atoms with Crippen molar-refractivity contribution in [3.8, 4) is 17.0 Å². The predicted octanol–water partition coefficient (Wildman–Crippen LogP) is 2.49. The summed E-state index contributed by atoms with van der Waals surface area (Å²) in [6.45, 7) is 1.38. The molecule has 5 heteroatoms. The van der Waals surface area contributed by atoms with Crippen molar-refractivity contribution in [1.29, 1.82) is 0 Å². The van der Waals surface area contributed by atoms with Crippen molar-refractivity contribution in [3.63, 3.8) is 0 Å². The maximum atomic E-state index is 13.3. The first kappa shape index (κ1) is 12.2. The van der Waals surface area contributed by atoms with Gasteiger partial charge in [-0.05, 0) is 24.3 Å². The van der Waals surface area contributed by atoms with E-state index < -0.39 is 5.82 Å². The average Bonchev–Trinajstić information content (AvgIpc) is 2.39. The number of ether oxygens (including phenoxy) is 1. The molecule has 0 aliphatic rings. The van der Waals surface area contributed by atoms with E-state index in [2.05, 4.69) is 9.97 Å². The Bertz CT molecular complexity index is 599. The second kappa shape index (κ2) is 4.91. The minimum absolute atomic E-state index is 0.0961. The summed E-state index contributed by atoms with van der Waals surface area (Å²) in [5.41, 5.74) is 0.939. The van der Waals surface area contributed by atoms with Gasteiger partial charge in [0, 0.05) is 18.7 Å². The molecular formula is C13H11FN2O2. The highest BCUT2D eigenvalue weighted by molar-refractivity contribution is 5.90. The zero-order valence-electron chi connectivity index (χ0n) is 9.98. The Balaban J connectivity index is 2.57. The lowest BCUT2D eigenvalue weighted by atomic mass is 10.1. The first-order valence-corrected chi connectivity index (χ1v) is 5.29. The summed E-state index contributed by atoms with van der Waals surface area (Å²) in [4.78, 5) is 19.2. The molecule has 0 aliphatic heterocycles. The first-order chi connectivity index (χ1) is 8.61. The molecule has 1 aromatic carbocycles. The average molecular weight is 246 g/mol. The Kier molecular flexibility index (Phi) is 3.32. The number of ketones is 1. The molecule has 0 N–H and O–H groups in total. The van der Waals surface area contributed by atoms with Crippen LogP contribution >= 0.6 is 0 Å². The topological polar surface area (TPSA) is 52.1 Å². The van der Waals surface area contributed by atoms with Crippen LogP contribution in [-0.4, -0.2) is 22.9 Å². The van der Waals surface area contributed by atoms with Crippen LogP contribution in [0.15, 0.2) is 30.5 Å². The predicted molar refractivity (Wildman–Crippen MR) is 64.0 cm³/mol. The molecular weight excluding hydrogens is 235 g/mol. The molecule has 0 aliphatic carbocycles. The van der Waals surface area contributed by atoms with Gasteiger partial charge in [0.1, 0.15) is 11.6 Å². The number of nitrogens with zero attached hydrogens (tertiary/aromatic N) is 2. The van der Waals surface area contributed by atoms with Gasteiger partial charge in [0.25, 0.3) is 0 Å². The second-order valence-electron chi connectivity index (χ2n) is 3.67. The van der Waals surface area contributed by atoms with E-state index in [9.17, 15) is 9.18 Å². The van der Waals surface area contributed by atoms with Crippen molar-refractivity contribution in [2.45, 2.75) is 6.92 Å². The minimum atomic E-state index is -0.395. The second-order valence-corrected chi connectivity index (χ2v) is 3.67. The van der Waals surface area contributed by atoms with Gasteiger partial charge in [-0.3, -0.25) is 4.79 Å². The number of methoxy groups -OCH3 is 1. The lowest BCUT2D eigenvalue weighted by molar-refractivity contribution is 0.100. The number of benzene rings is 1. The molecule has 0 spiro atoms. The fraction of sp³-hybridized carbons (Fsp3) is 0.154. The molecule has 0 radical (unpaired) electrons. The molecule has 2 aromatic rings. The summed E-state index contributed by atoms with van der Waals surface area (Å²) in [6, 6.07) is 5.73. The molecule has 0 amide bonds. The number of hydrogen-bond acceptors (Lipinski definition) is 4. The van der Waals surface area contributed by atoms with E-state index in [0.29, 0.717) is 17.0 Å². The Labute approximate surface area is 103 Å². The third kappa shape index (κ3) is 2.34. The van der Waals surface area contributed by atoms with Crippen molar-refractivity contribution >= 4 is 5.78 Å². The maximum absolute atomic E-state index is 13.3. The highest BCUT2D eigenvalue weighted by atomic mass is 19.1. The van der Waals surface area contributed by atoms with Gasteiger partial charge in [-0.15, -0.1) is 0 Å². The molecule has 18 heavy (non-hydrogen) atoms. The van der Waals surface area contributed by atoms with E-state index >= 15 is 0 Å². The molecule has 0 fully saturated rings. The maximum Gasteiger partial charge on any atom is 0.196 e. The van der Waals surface area contributed by atoms with Crippen molar-refractivity contribution < 1.29 is 13.9 Å². The van der Waals surface area contributed by atoms with Crippen LogP contribution < -0.4 is 4.74 Å². The number of Topliss-reactive ketones (excluding diaryl/α,β-unsaturated/α-hetero) is 1. The molecule has 0 saturated carbocycles. The van der Waals surface area contributed by atoms with Gasteiger partial charge in [0.05, 0.1) is 12.8 Å². The highest BCUT2D eigenvalue weighted by Gasteiger charge is 2.11. The van der Waals surface area contributed by atoms with Gasteiger partial charge in [0.2, 0.25) is 0 Å². The number of carbonyl (C=O) groups excluding carboxylic acids is 1. The van der Waals surface area contributed by atoms with E-state index in [1.807, 2.05) is 0 Å². The Morgan fingerprint density at radius 1 is 1.33 bits per heavy atom. The molecule has 1 heterocycles. The Morgan fingerprint density at radius 2 is 2.11 bits per heavy atom. The zero-order chi connectivity index (χ0) is 13.1. The van der Waals surface area contributed by atoms with Gasteiger partial charge in [-0.1, -0.05) is 0 Å². The molecule has 0 bridgehead atoms. The van der Waals surface area contributed by atoms with E-state index in [1.54, 1.807) is 6.07 Å². The summed E-state index contributed by atoms with van der Waals surface area (Å²) in [6.07, 6.45) is 1.46. The van der Waals surface area contributed by atoms with Gasteiger partial charge in [-0.25, -0.2) is 14.4 Å². The van der Waals surface area contributed by atoms with E-state index in [1.165, 1.54) is 38.4 Å². The lowest BCUT2D eigenvalue weighted by Gasteiger charge is -2.08. The van der Waals surface area contributed by atoms with Gasteiger partial charge in [0.15, 0.2) is 11.6 Å². The fourth-order valence-electron chi connectivity index (χ4n) is 1.56. The Morgan fingerprint density at radius 3 is 2.78 bits per heavy atom. The smallest absolute Gasteiger partial charge is 0.196 e. The van der Waals surface area contributed by atoms with E-state index in [4.69, 9.17) is 4.74 Å². The standard InChI is InChI=1S/C13H11FN2O2/c1-8(17)13-15-6-5-11(16-13)10-7-9(14)3-4-12(10)18-2/h3-7H,1-2H3. The van der Waals surface area contributed by atoms with Gasteiger partial charge < -0.3 is 4.74 Å². The van der Waals surface area contributed by atoms with Crippen LogP contribution in [0.5, 0.6) is 5.75 Å². The summed E-state index contributed by atoms with van der Waals surface area (Å²) in [5.74, 6) is -0.0515. The number of carbonyl (C=O) groups is 1. The SMILES string of the molecule is COc1ccc(F)cc1-c1ccnc(C(C)=O)n1. The number of hydrogen-bond donors (Lipinski definition) is 0. The van der Waals surface area contributed by atoms with Crippen LogP contribution in [0, 0.1) is 5.82 Å². The van der Waals surface area contributed by atoms with Crippen molar-refractivity contribution in [2.75, 3.05) is 7.11 Å². The van der Waals surface area contributed by atoms with Crippen LogP contribution in [0.1, 0.15) is 17.5 Å². The number of aromatic nitrogens is 2. The highest BCUT2D eigenvalue weighted by Crippen LogP contribution is 2.28. The van der Waals surface area contributed by atoms with Crippen LogP contribution in [0.4, 0.5) is 4.39 Å². The first-order valence-electron chi connectivity index (χ1n) is 5.29. The van der Waals surface area contributed by atoms with Crippen molar-refractivity contribution in [3.05, 3.63) is 42.1 Å². The molecule has 2 rings (SSSR count). The lowest BCUT2D eigenvalue weighted by Crippen LogP contribution is -2.02. The third-order valence-electron chi connectivity index (χ3n) is 2.41. The van der Waals surface area contributed by atoms with Gasteiger partial charge in [-0.2, -0.15) is 0 Å². The molecule has 0 atom stereocenters.